The summed E-state index contributed by atoms with van der Waals surface area (Å²) in [5, 5.41) is 42.5. The number of hydrogen-bond donors (Lipinski definition) is 10. The minimum Gasteiger partial charge on any atom is -0.481 e. The van der Waals surface area contributed by atoms with Crippen LogP contribution in [0.3, 0.4) is 0 Å². The zero-order chi connectivity index (χ0) is 48.2. The Bertz CT molecular complexity index is 1840. The van der Waals surface area contributed by atoms with Gasteiger partial charge in [0, 0.05) is 19.3 Å². The van der Waals surface area contributed by atoms with Gasteiger partial charge in [0.15, 0.2) is 0 Å². The van der Waals surface area contributed by atoms with Gasteiger partial charge in [-0.25, -0.2) is 0 Å². The Morgan fingerprint density at radius 2 is 1.14 bits per heavy atom. The van der Waals surface area contributed by atoms with Gasteiger partial charge in [0.25, 0.3) is 5.91 Å². The first kappa shape index (κ1) is 54.6. The molecular weight excluding hydrogens is 826 g/mol. The van der Waals surface area contributed by atoms with Gasteiger partial charge in [0.05, 0.1) is 18.9 Å². The molecule has 0 aliphatic carbocycles. The van der Waals surface area contributed by atoms with E-state index in [1.807, 2.05) is 6.92 Å². The molecule has 350 valence electrons. The second-order valence-electron chi connectivity index (χ2n) is 16.7. The Morgan fingerprint density at radius 3 is 1.67 bits per heavy atom. The highest BCUT2D eigenvalue weighted by molar-refractivity contribution is 6.37. The van der Waals surface area contributed by atoms with E-state index in [-0.39, 0.29) is 25.2 Å². The van der Waals surface area contributed by atoms with E-state index < -0.39 is 139 Å². The van der Waals surface area contributed by atoms with Crippen molar-refractivity contribution in [2.45, 2.75) is 149 Å². The third-order valence-corrected chi connectivity index (χ3v) is 9.67. The summed E-state index contributed by atoms with van der Waals surface area (Å²) in [6, 6.07) is -2.05. The SMILES string of the molecule is CCCCC(NC(=O)[C@H](CC(C)C)NC(=O)[C@@H](NC(=O)[C@H](Cc1ccccc1C)NC(=O)[C@H](CCC(=O)O)NC(=O)[C@H](CC(=O)O)NC(=O)CCC(=O)O)C(C)(C)C)C(=O)C(N)=O. The monoisotopic (exact) mass is 889 g/mol. The summed E-state index contributed by atoms with van der Waals surface area (Å²) < 4.78 is 0. The number of unbranched alkanes of at least 4 members (excludes halogenated alkanes) is 1. The van der Waals surface area contributed by atoms with E-state index in [9.17, 15) is 63.0 Å². The van der Waals surface area contributed by atoms with Gasteiger partial charge in [0.1, 0.15) is 30.2 Å². The third-order valence-electron chi connectivity index (χ3n) is 9.67. The lowest BCUT2D eigenvalue weighted by Gasteiger charge is -2.34. The van der Waals surface area contributed by atoms with Crippen molar-refractivity contribution in [3.8, 4) is 0 Å². The molecule has 0 fully saturated rings. The molecule has 0 radical (unpaired) electrons. The van der Waals surface area contributed by atoms with Crippen LogP contribution in [0.1, 0.15) is 110 Å². The van der Waals surface area contributed by atoms with Crippen LogP contribution in [0, 0.1) is 18.3 Å². The fourth-order valence-corrected chi connectivity index (χ4v) is 6.22. The maximum atomic E-state index is 14.3. The summed E-state index contributed by atoms with van der Waals surface area (Å²) in [6.07, 6.45) is -2.32. The topological polar surface area (TPSA) is 347 Å². The number of ketones is 1. The molecule has 21 nitrogen and oxygen atoms in total. The minimum atomic E-state index is -1.81. The van der Waals surface area contributed by atoms with E-state index in [2.05, 4.69) is 31.9 Å². The highest BCUT2D eigenvalue weighted by Gasteiger charge is 2.39. The standard InChI is InChI=1S/C42H63N7O14/c1-8-9-14-25(34(57)36(43)58)45-38(60)27(19-22(2)3)48-41(63)35(42(5,6)7)49-40(62)28(20-24-13-11-10-12-23(24)4)47-37(59)26(15-17-31(51)52)46-39(61)29(21-33(55)56)44-30(50)16-18-32(53)54/h10-13,22,25-29,35H,8-9,14-21H2,1-7H3,(H2,43,58)(H,44,50)(H,45,60)(H,46,61)(H,47,59)(H,48,63)(H,49,62)(H,51,52)(H,53,54)(H,55,56)/t25?,26-,27-,28-,29-,35+/m0/s1. The maximum Gasteiger partial charge on any atom is 0.305 e. The van der Waals surface area contributed by atoms with Crippen molar-refractivity contribution in [1.29, 1.82) is 0 Å². The number of amides is 7. The minimum absolute atomic E-state index is 0.0857. The number of Topliss-reactive ketones (excluding diaryl/α,β-unsaturated/α-hetero) is 1. The fourth-order valence-electron chi connectivity index (χ4n) is 6.22. The molecule has 0 saturated carbocycles. The average Bonchev–Trinajstić information content (AvgIpc) is 3.17. The predicted octanol–water partition coefficient (Wildman–Crippen LogP) is -0.0126. The van der Waals surface area contributed by atoms with E-state index in [0.29, 0.717) is 24.0 Å². The van der Waals surface area contributed by atoms with E-state index in [1.54, 1.807) is 65.8 Å². The third kappa shape index (κ3) is 20.3. The summed E-state index contributed by atoms with van der Waals surface area (Å²) in [5.41, 5.74) is 5.45. The first-order chi connectivity index (χ1) is 29.3. The zero-order valence-electron chi connectivity index (χ0n) is 36.8. The Balaban J connectivity index is 3.59. The lowest BCUT2D eigenvalue weighted by atomic mass is 9.85. The number of rotatable bonds is 28. The van der Waals surface area contributed by atoms with Crippen molar-refractivity contribution in [1.82, 2.24) is 31.9 Å². The smallest absolute Gasteiger partial charge is 0.305 e. The number of nitrogens with one attached hydrogen (secondary N) is 6. The lowest BCUT2D eigenvalue weighted by molar-refractivity contribution is -0.142. The molecule has 1 aromatic rings. The number of carbonyl (C=O) groups is 11. The zero-order valence-corrected chi connectivity index (χ0v) is 36.8. The molecule has 0 heterocycles. The molecule has 1 aromatic carbocycles. The molecule has 11 N–H and O–H groups in total. The van der Waals surface area contributed by atoms with Gasteiger partial charge in [-0.3, -0.25) is 52.7 Å². The summed E-state index contributed by atoms with van der Waals surface area (Å²) in [4.78, 5) is 140. The molecule has 0 bridgehead atoms. The van der Waals surface area contributed by atoms with Crippen molar-refractivity contribution >= 4 is 65.0 Å². The van der Waals surface area contributed by atoms with E-state index in [0.717, 1.165) is 0 Å². The summed E-state index contributed by atoms with van der Waals surface area (Å²) in [5.74, 6) is -12.4. The van der Waals surface area contributed by atoms with Gasteiger partial charge in [-0.1, -0.05) is 78.6 Å². The molecular formula is C42H63N7O14. The van der Waals surface area contributed by atoms with Crippen LogP contribution in [-0.4, -0.2) is 117 Å². The number of benzene rings is 1. The molecule has 1 rings (SSSR count). The average molecular weight is 890 g/mol. The number of aliphatic carboxylic acids is 3. The van der Waals surface area contributed by atoms with E-state index in [1.165, 1.54) is 0 Å². The van der Waals surface area contributed by atoms with Crippen molar-refractivity contribution in [2.24, 2.45) is 17.1 Å². The van der Waals surface area contributed by atoms with Crippen molar-refractivity contribution in [3.05, 3.63) is 35.4 Å². The van der Waals surface area contributed by atoms with Gasteiger partial charge in [0.2, 0.25) is 41.2 Å². The van der Waals surface area contributed by atoms with E-state index >= 15 is 0 Å². The first-order valence-corrected chi connectivity index (χ1v) is 20.6. The Labute approximate surface area is 365 Å². The van der Waals surface area contributed by atoms with Crippen LogP contribution in [-0.2, 0) is 59.2 Å². The highest BCUT2D eigenvalue weighted by Crippen LogP contribution is 2.21. The molecule has 0 aliphatic rings. The molecule has 0 saturated heterocycles. The second kappa shape index (κ2) is 26.2. The molecule has 0 aliphatic heterocycles. The number of carbonyl (C=O) groups excluding carboxylic acids is 8. The van der Waals surface area contributed by atoms with Crippen molar-refractivity contribution < 1.29 is 68.1 Å². The maximum absolute atomic E-state index is 14.3. The van der Waals surface area contributed by atoms with Crippen LogP contribution in [0.25, 0.3) is 0 Å². The lowest BCUT2D eigenvalue weighted by Crippen LogP contribution is -2.62. The van der Waals surface area contributed by atoms with Gasteiger partial charge < -0.3 is 53.0 Å². The number of hydrogen-bond acceptors (Lipinski definition) is 11. The molecule has 0 aromatic heterocycles. The van der Waals surface area contributed by atoms with Gasteiger partial charge >= 0.3 is 17.9 Å². The van der Waals surface area contributed by atoms with Crippen LogP contribution < -0.4 is 37.6 Å². The van der Waals surface area contributed by atoms with Crippen LogP contribution in [0.15, 0.2) is 24.3 Å². The van der Waals surface area contributed by atoms with Crippen LogP contribution >= 0.6 is 0 Å². The molecule has 63 heavy (non-hydrogen) atoms. The normalized spacial score (nSPS) is 14.0. The molecule has 1 unspecified atom stereocenters. The van der Waals surface area contributed by atoms with Gasteiger partial charge in [-0.05, 0) is 48.6 Å². The first-order valence-electron chi connectivity index (χ1n) is 20.6. The number of primary amides is 1. The number of nitrogens with two attached hydrogens (primary N) is 1. The van der Waals surface area contributed by atoms with Crippen molar-refractivity contribution in [2.75, 3.05) is 0 Å². The Hall–Kier alpha value is -6.41. The number of carboxylic acids is 3. The molecule has 6 atom stereocenters. The summed E-state index contributed by atoms with van der Waals surface area (Å²) in [7, 11) is 0. The Morgan fingerprint density at radius 1 is 0.619 bits per heavy atom. The largest absolute Gasteiger partial charge is 0.481 e. The van der Waals surface area contributed by atoms with Crippen LogP contribution in [0.5, 0.6) is 0 Å². The number of carboxylic acid groups (broad SMARTS) is 3. The van der Waals surface area contributed by atoms with Crippen molar-refractivity contribution in [3.63, 3.8) is 0 Å². The van der Waals surface area contributed by atoms with Crippen LogP contribution in [0.4, 0.5) is 0 Å². The fraction of sp³-hybridized carbons (Fsp3) is 0.595. The second-order valence-corrected chi connectivity index (χ2v) is 16.7. The molecule has 7 amide bonds. The Kier molecular flexibility index (Phi) is 22.7. The highest BCUT2D eigenvalue weighted by atomic mass is 16.4. The predicted molar refractivity (Wildman–Crippen MR) is 225 cm³/mol. The molecule has 0 spiro atoms. The van der Waals surface area contributed by atoms with E-state index in [4.69, 9.17) is 10.8 Å². The summed E-state index contributed by atoms with van der Waals surface area (Å²) >= 11 is 0. The number of aryl methyl sites for hydroxylation is 1. The van der Waals surface area contributed by atoms with Gasteiger partial charge in [-0.15, -0.1) is 0 Å². The van der Waals surface area contributed by atoms with Gasteiger partial charge in [-0.2, -0.15) is 0 Å². The molecule has 21 heteroatoms. The quantitative estimate of drug-likeness (QED) is 0.0495. The summed E-state index contributed by atoms with van der Waals surface area (Å²) in [6.45, 7) is 12.0. The van der Waals surface area contributed by atoms with Crippen LogP contribution in [0.2, 0.25) is 0 Å².